The zero-order chi connectivity index (χ0) is 12.0. The van der Waals surface area contributed by atoms with E-state index in [0.717, 1.165) is 31.2 Å². The van der Waals surface area contributed by atoms with E-state index in [9.17, 15) is 0 Å². The van der Waals surface area contributed by atoms with Crippen molar-refractivity contribution in [2.45, 2.75) is 32.0 Å². The van der Waals surface area contributed by atoms with Gasteiger partial charge in [0, 0.05) is 33.9 Å². The third-order valence-corrected chi connectivity index (χ3v) is 3.32. The molecule has 0 saturated carbocycles. The average Bonchev–Trinajstić information content (AvgIpc) is 2.72. The molecule has 0 aromatic rings. The Morgan fingerprint density at radius 2 is 1.88 bits per heavy atom. The van der Waals surface area contributed by atoms with Crippen LogP contribution < -0.4 is 5.32 Å². The van der Waals surface area contributed by atoms with Gasteiger partial charge in [-0.2, -0.15) is 0 Å². The summed E-state index contributed by atoms with van der Waals surface area (Å²) in [6, 6.07) is 0. The van der Waals surface area contributed by atoms with Crippen molar-refractivity contribution in [3.05, 3.63) is 0 Å². The van der Waals surface area contributed by atoms with Gasteiger partial charge in [0.25, 0.3) is 0 Å². The van der Waals surface area contributed by atoms with E-state index in [1.165, 1.54) is 6.42 Å². The molecular formula is C11H22N2O2S. The zero-order valence-corrected chi connectivity index (χ0v) is 11.2. The highest BCUT2D eigenvalue weighted by Crippen LogP contribution is 2.15. The van der Waals surface area contributed by atoms with Crippen LogP contribution in [-0.4, -0.2) is 56.1 Å². The SMILES string of the molecule is CCCCNC(=S)N1CC(OC)C(OC)C1. The first-order chi connectivity index (χ1) is 7.72. The summed E-state index contributed by atoms with van der Waals surface area (Å²) in [4.78, 5) is 2.12. The minimum atomic E-state index is 0.121. The molecule has 0 spiro atoms. The number of methoxy groups -OCH3 is 2. The number of likely N-dealkylation sites (tertiary alicyclic amines) is 1. The minimum Gasteiger partial charge on any atom is -0.377 e. The number of hydrogen-bond acceptors (Lipinski definition) is 3. The van der Waals surface area contributed by atoms with E-state index in [1.807, 2.05) is 0 Å². The van der Waals surface area contributed by atoms with E-state index in [-0.39, 0.29) is 12.2 Å². The van der Waals surface area contributed by atoms with Crippen molar-refractivity contribution < 1.29 is 9.47 Å². The third kappa shape index (κ3) is 3.57. The maximum Gasteiger partial charge on any atom is 0.169 e. The fraction of sp³-hybridized carbons (Fsp3) is 0.909. The molecule has 0 amide bonds. The van der Waals surface area contributed by atoms with Crippen molar-refractivity contribution in [1.82, 2.24) is 10.2 Å². The van der Waals surface area contributed by atoms with Gasteiger partial charge in [-0.25, -0.2) is 0 Å². The van der Waals surface area contributed by atoms with Gasteiger partial charge in [-0.15, -0.1) is 0 Å². The molecule has 0 aliphatic carbocycles. The standard InChI is InChI=1S/C11H22N2O2S/c1-4-5-6-12-11(16)13-7-9(14-2)10(8-13)15-3/h9-10H,4-8H2,1-3H3,(H,12,16). The fourth-order valence-electron chi connectivity index (χ4n) is 1.85. The number of hydrogen-bond donors (Lipinski definition) is 1. The molecule has 5 heteroatoms. The Labute approximate surface area is 103 Å². The lowest BCUT2D eigenvalue weighted by Crippen LogP contribution is -2.39. The van der Waals surface area contributed by atoms with E-state index in [1.54, 1.807) is 14.2 Å². The van der Waals surface area contributed by atoms with Gasteiger partial charge in [0.1, 0.15) is 12.2 Å². The molecular weight excluding hydrogens is 224 g/mol. The predicted octanol–water partition coefficient (Wildman–Crippen LogP) is 1.01. The van der Waals surface area contributed by atoms with Crippen LogP contribution in [-0.2, 0) is 9.47 Å². The topological polar surface area (TPSA) is 33.7 Å². The Morgan fingerprint density at radius 1 is 1.31 bits per heavy atom. The van der Waals surface area contributed by atoms with Gasteiger partial charge in [-0.3, -0.25) is 0 Å². The van der Waals surface area contributed by atoms with E-state index in [0.29, 0.717) is 0 Å². The van der Waals surface area contributed by atoms with E-state index >= 15 is 0 Å². The van der Waals surface area contributed by atoms with Crippen LogP contribution in [0.15, 0.2) is 0 Å². The molecule has 1 rings (SSSR count). The first-order valence-electron chi connectivity index (χ1n) is 5.81. The van der Waals surface area contributed by atoms with Gasteiger partial charge in [0.05, 0.1) is 0 Å². The van der Waals surface area contributed by atoms with E-state index in [2.05, 4.69) is 17.1 Å². The van der Waals surface area contributed by atoms with Gasteiger partial charge < -0.3 is 19.7 Å². The average molecular weight is 246 g/mol. The smallest absolute Gasteiger partial charge is 0.169 e. The Hall–Kier alpha value is -0.390. The largest absolute Gasteiger partial charge is 0.377 e. The van der Waals surface area contributed by atoms with E-state index in [4.69, 9.17) is 21.7 Å². The Kier molecular flexibility index (Phi) is 6.01. The molecule has 0 radical (unpaired) electrons. The maximum atomic E-state index is 5.37. The summed E-state index contributed by atoms with van der Waals surface area (Å²) >= 11 is 5.33. The van der Waals surface area contributed by atoms with Crippen molar-refractivity contribution >= 4 is 17.3 Å². The second-order valence-electron chi connectivity index (χ2n) is 4.04. The number of thiocarbonyl (C=S) groups is 1. The first-order valence-corrected chi connectivity index (χ1v) is 6.22. The van der Waals surface area contributed by atoms with Crippen molar-refractivity contribution in [2.24, 2.45) is 0 Å². The van der Waals surface area contributed by atoms with Crippen molar-refractivity contribution in [2.75, 3.05) is 33.9 Å². The summed E-state index contributed by atoms with van der Waals surface area (Å²) in [5, 5.41) is 4.08. The lowest BCUT2D eigenvalue weighted by molar-refractivity contribution is -0.00461. The van der Waals surface area contributed by atoms with Crippen LogP contribution in [0.4, 0.5) is 0 Å². The Bertz CT molecular complexity index is 214. The molecule has 1 fully saturated rings. The predicted molar refractivity (Wildman–Crippen MR) is 68.7 cm³/mol. The van der Waals surface area contributed by atoms with Gasteiger partial charge in [0.2, 0.25) is 0 Å². The summed E-state index contributed by atoms with van der Waals surface area (Å²) < 4.78 is 10.7. The fourth-order valence-corrected chi connectivity index (χ4v) is 2.10. The van der Waals surface area contributed by atoms with Crippen molar-refractivity contribution in [1.29, 1.82) is 0 Å². The summed E-state index contributed by atoms with van der Waals surface area (Å²) in [6.45, 7) is 4.74. The molecule has 1 heterocycles. The van der Waals surface area contributed by atoms with Crippen LogP contribution >= 0.6 is 12.2 Å². The maximum absolute atomic E-state index is 5.37. The molecule has 1 aliphatic heterocycles. The zero-order valence-electron chi connectivity index (χ0n) is 10.4. The molecule has 94 valence electrons. The van der Waals surface area contributed by atoms with Crippen LogP contribution in [0, 0.1) is 0 Å². The Morgan fingerprint density at radius 3 is 2.31 bits per heavy atom. The molecule has 0 aromatic carbocycles. The molecule has 1 N–H and O–H groups in total. The highest BCUT2D eigenvalue weighted by Gasteiger charge is 2.33. The molecule has 1 aliphatic rings. The molecule has 0 bridgehead atoms. The summed E-state index contributed by atoms with van der Waals surface area (Å²) in [5.74, 6) is 0. The molecule has 4 nitrogen and oxygen atoms in total. The van der Waals surface area contributed by atoms with Crippen LogP contribution in [0.5, 0.6) is 0 Å². The second kappa shape index (κ2) is 7.04. The van der Waals surface area contributed by atoms with Gasteiger partial charge in [0.15, 0.2) is 5.11 Å². The van der Waals surface area contributed by atoms with Crippen molar-refractivity contribution in [3.63, 3.8) is 0 Å². The lowest BCUT2D eigenvalue weighted by atomic mass is 10.3. The molecule has 2 atom stereocenters. The highest BCUT2D eigenvalue weighted by atomic mass is 32.1. The Balaban J connectivity index is 2.35. The van der Waals surface area contributed by atoms with Crippen LogP contribution in [0.1, 0.15) is 19.8 Å². The number of nitrogens with one attached hydrogen (secondary N) is 1. The summed E-state index contributed by atoms with van der Waals surface area (Å²) in [5.41, 5.74) is 0. The first kappa shape index (κ1) is 13.7. The number of nitrogens with zero attached hydrogens (tertiary/aromatic N) is 1. The highest BCUT2D eigenvalue weighted by molar-refractivity contribution is 7.80. The second-order valence-corrected chi connectivity index (χ2v) is 4.43. The minimum absolute atomic E-state index is 0.121. The number of unbranched alkanes of at least 4 members (excludes halogenated alkanes) is 1. The van der Waals surface area contributed by atoms with Crippen molar-refractivity contribution in [3.8, 4) is 0 Å². The molecule has 0 aromatic heterocycles. The van der Waals surface area contributed by atoms with Crippen LogP contribution in [0.3, 0.4) is 0 Å². The van der Waals surface area contributed by atoms with Crippen LogP contribution in [0.2, 0.25) is 0 Å². The lowest BCUT2D eigenvalue weighted by Gasteiger charge is -2.19. The van der Waals surface area contributed by atoms with E-state index < -0.39 is 0 Å². The number of rotatable bonds is 5. The molecule has 16 heavy (non-hydrogen) atoms. The molecule has 1 saturated heterocycles. The van der Waals surface area contributed by atoms with Gasteiger partial charge in [-0.1, -0.05) is 13.3 Å². The summed E-state index contributed by atoms with van der Waals surface area (Å²) in [6.07, 6.45) is 2.57. The normalized spacial score (nSPS) is 24.8. The number of ether oxygens (including phenoxy) is 2. The molecule has 2 unspecified atom stereocenters. The quantitative estimate of drug-likeness (QED) is 0.578. The van der Waals surface area contributed by atoms with Gasteiger partial charge >= 0.3 is 0 Å². The van der Waals surface area contributed by atoms with Crippen LogP contribution in [0.25, 0.3) is 0 Å². The summed E-state index contributed by atoms with van der Waals surface area (Å²) in [7, 11) is 3.43. The van der Waals surface area contributed by atoms with Gasteiger partial charge in [-0.05, 0) is 18.6 Å². The monoisotopic (exact) mass is 246 g/mol. The third-order valence-electron chi connectivity index (χ3n) is 2.91.